The van der Waals surface area contributed by atoms with Gasteiger partial charge in [0.05, 0.1) is 46.8 Å². The Morgan fingerprint density at radius 2 is 1.01 bits per heavy atom. The first-order valence-corrected chi connectivity index (χ1v) is 26.8. The van der Waals surface area contributed by atoms with Crippen LogP contribution in [0.15, 0.2) is 134 Å². The van der Waals surface area contributed by atoms with Gasteiger partial charge in [0.2, 0.25) is 11.8 Å². The van der Waals surface area contributed by atoms with Gasteiger partial charge >= 0.3 is 6.09 Å². The summed E-state index contributed by atoms with van der Waals surface area (Å²) in [6.45, 7) is 23.4. The van der Waals surface area contributed by atoms with E-state index in [1.54, 1.807) is 0 Å². The van der Waals surface area contributed by atoms with E-state index in [1.165, 1.54) is 22.3 Å². The number of imidazole rings is 2. The minimum Gasteiger partial charge on any atom is -0.444 e. The zero-order valence-corrected chi connectivity index (χ0v) is 45.7. The Kier molecular flexibility index (Phi) is 16.8. The Bertz CT molecular complexity index is 3190. The number of ether oxygens (including phenoxy) is 3. The number of rotatable bonds is 13. The average molecular weight is 1020 g/mol. The lowest BCUT2D eigenvalue weighted by atomic mass is 10.0. The van der Waals surface area contributed by atoms with E-state index < -0.39 is 5.60 Å². The van der Waals surface area contributed by atoms with Crippen LogP contribution in [0.2, 0.25) is 0 Å². The third kappa shape index (κ3) is 13.8. The number of likely N-dealkylation sites (tertiary alicyclic amines) is 1. The molecular formula is C63H73N9O4. The second-order valence-electron chi connectivity index (χ2n) is 21.5. The first kappa shape index (κ1) is 53.2. The lowest BCUT2D eigenvalue weighted by Crippen LogP contribution is -2.41. The normalized spacial score (nSPS) is 14.4. The number of carbonyl (C=O) groups is 1. The first-order valence-electron chi connectivity index (χ1n) is 26.8. The zero-order chi connectivity index (χ0) is 53.3. The van der Waals surface area contributed by atoms with Crippen molar-refractivity contribution in [1.29, 1.82) is 0 Å². The largest absolute Gasteiger partial charge is 0.444 e. The van der Waals surface area contributed by atoms with E-state index in [0.29, 0.717) is 24.3 Å². The predicted octanol–water partition coefficient (Wildman–Crippen LogP) is 13.7. The smallest absolute Gasteiger partial charge is 0.407 e. The van der Waals surface area contributed by atoms with Crippen molar-refractivity contribution in [2.45, 2.75) is 106 Å². The molecule has 8 aromatic rings. The number of benzene rings is 4. The maximum Gasteiger partial charge on any atom is 0.407 e. The van der Waals surface area contributed by atoms with Crippen LogP contribution in [0.5, 0.6) is 23.3 Å². The number of hydrogen-bond acceptors (Lipinski definition) is 10. The van der Waals surface area contributed by atoms with Crippen LogP contribution >= 0.6 is 0 Å². The zero-order valence-electron chi connectivity index (χ0n) is 45.7. The minimum absolute atomic E-state index is 0.280. The van der Waals surface area contributed by atoms with Gasteiger partial charge in [-0.3, -0.25) is 0 Å². The summed E-state index contributed by atoms with van der Waals surface area (Å²) < 4.78 is 22.4. The Hall–Kier alpha value is -7.61. The van der Waals surface area contributed by atoms with Gasteiger partial charge in [0, 0.05) is 61.5 Å². The Balaban J connectivity index is 0.000000192. The van der Waals surface area contributed by atoms with Crippen molar-refractivity contribution in [2.75, 3.05) is 39.3 Å². The molecular weight excluding hydrogens is 947 g/mol. The molecule has 2 N–H and O–H groups in total. The van der Waals surface area contributed by atoms with Gasteiger partial charge in [-0.05, 0) is 160 Å². The van der Waals surface area contributed by atoms with Crippen LogP contribution < -0.4 is 20.1 Å². The highest BCUT2D eigenvalue weighted by Gasteiger charge is 2.27. The standard InChI is InChI=1S/C35H43N5O3.C28H30N4O/c1-24-10-12-27(13-11-24)32-33(30-8-7-9-31(38-30)42-29-21-25(2)20-26(3)22-29)40(23-37-32)28-14-17-39(18-15-28)19-16-36-34(41)43-35(4,5)6;1-19-7-9-22(10-8-19)27-28(32(18-30-27)23-11-13-29-14-12-23)25-5-4-6-26(31-25)33-24-16-20(2)15-21(3)17-24/h7-13,20-23,28H,14-19H2,1-6H3,(H,36,41);4-10,15-18,23,29H,11-14H2,1-3H3. The van der Waals surface area contributed by atoms with Gasteiger partial charge in [-0.25, -0.2) is 24.7 Å². The fourth-order valence-electron chi connectivity index (χ4n) is 10.2. The van der Waals surface area contributed by atoms with Crippen LogP contribution in [0, 0.1) is 41.5 Å². The van der Waals surface area contributed by atoms with Crippen LogP contribution in [0.1, 0.15) is 91.9 Å². The van der Waals surface area contributed by atoms with E-state index in [1.807, 2.05) is 88.0 Å². The summed E-state index contributed by atoms with van der Waals surface area (Å²) in [5, 5.41) is 6.34. The molecule has 6 heterocycles. The van der Waals surface area contributed by atoms with Gasteiger partial charge in [0.25, 0.3) is 0 Å². The lowest BCUT2D eigenvalue weighted by Gasteiger charge is -2.33. The molecule has 0 bridgehead atoms. The van der Waals surface area contributed by atoms with Crippen molar-refractivity contribution in [3.8, 4) is 68.5 Å². The Morgan fingerprint density at radius 1 is 0.579 bits per heavy atom. The summed E-state index contributed by atoms with van der Waals surface area (Å²) >= 11 is 0. The molecule has 13 heteroatoms. The van der Waals surface area contributed by atoms with Gasteiger partial charge in [0.1, 0.15) is 17.1 Å². The summed E-state index contributed by atoms with van der Waals surface area (Å²) in [7, 11) is 0. The van der Waals surface area contributed by atoms with Crippen molar-refractivity contribution in [3.63, 3.8) is 0 Å². The molecule has 2 aliphatic heterocycles. The van der Waals surface area contributed by atoms with Crippen LogP contribution in [0.4, 0.5) is 4.79 Å². The summed E-state index contributed by atoms with van der Waals surface area (Å²) in [4.78, 5) is 34.1. The monoisotopic (exact) mass is 1020 g/mol. The predicted molar refractivity (Wildman–Crippen MR) is 303 cm³/mol. The van der Waals surface area contributed by atoms with Gasteiger partial charge in [-0.2, -0.15) is 0 Å². The molecule has 4 aromatic carbocycles. The number of aromatic nitrogens is 6. The van der Waals surface area contributed by atoms with Crippen LogP contribution in [0.3, 0.4) is 0 Å². The maximum absolute atomic E-state index is 12.0. The van der Waals surface area contributed by atoms with Crippen molar-refractivity contribution < 1.29 is 19.0 Å². The van der Waals surface area contributed by atoms with Crippen LogP contribution in [-0.2, 0) is 4.74 Å². The molecule has 1 amide bonds. The maximum atomic E-state index is 12.0. The number of aryl methyl sites for hydroxylation is 6. The number of nitrogens with one attached hydrogen (secondary N) is 2. The number of carbonyl (C=O) groups excluding carboxylic acids is 1. The van der Waals surface area contributed by atoms with Crippen LogP contribution in [0.25, 0.3) is 45.3 Å². The molecule has 0 radical (unpaired) electrons. The molecule has 2 aliphatic rings. The second-order valence-corrected chi connectivity index (χ2v) is 21.5. The fourth-order valence-corrected chi connectivity index (χ4v) is 10.2. The van der Waals surface area contributed by atoms with Crippen molar-refractivity contribution in [2.24, 2.45) is 0 Å². The highest BCUT2D eigenvalue weighted by Crippen LogP contribution is 2.38. The van der Waals surface area contributed by atoms with Crippen molar-refractivity contribution in [1.82, 2.24) is 44.6 Å². The molecule has 0 aliphatic carbocycles. The molecule has 394 valence electrons. The van der Waals surface area contributed by atoms with E-state index in [2.05, 4.69) is 133 Å². The molecule has 2 saturated heterocycles. The quantitative estimate of drug-likeness (QED) is 0.115. The topological polar surface area (TPSA) is 133 Å². The number of hydrogen-bond donors (Lipinski definition) is 2. The molecule has 0 saturated carbocycles. The van der Waals surface area contributed by atoms with Gasteiger partial charge in [-0.1, -0.05) is 83.9 Å². The fraction of sp³-hybridized carbons (Fsp3) is 0.349. The molecule has 0 unspecified atom stereocenters. The van der Waals surface area contributed by atoms with Crippen LogP contribution in [-0.4, -0.2) is 84.9 Å². The van der Waals surface area contributed by atoms with Gasteiger partial charge < -0.3 is 38.9 Å². The van der Waals surface area contributed by atoms with Gasteiger partial charge in [-0.15, -0.1) is 0 Å². The highest BCUT2D eigenvalue weighted by molar-refractivity contribution is 5.78. The van der Waals surface area contributed by atoms with Crippen molar-refractivity contribution >= 4 is 6.09 Å². The molecule has 2 fully saturated rings. The third-order valence-electron chi connectivity index (χ3n) is 13.8. The number of nitrogens with zero attached hydrogens (tertiary/aromatic N) is 7. The minimum atomic E-state index is -0.498. The molecule has 0 spiro atoms. The lowest BCUT2D eigenvalue weighted by molar-refractivity contribution is 0.0519. The van der Waals surface area contributed by atoms with E-state index in [9.17, 15) is 4.79 Å². The van der Waals surface area contributed by atoms with Crippen molar-refractivity contribution in [3.05, 3.63) is 167 Å². The SMILES string of the molecule is Cc1ccc(-c2ncn(C3CCN(CCNC(=O)OC(C)(C)C)CC3)c2-c2cccc(Oc3cc(C)cc(C)c3)n2)cc1.Cc1ccc(-c2ncn(C3CCNCC3)c2-c2cccc(Oc3cc(C)cc(C)c3)n2)cc1. The number of amides is 1. The Morgan fingerprint density at radius 3 is 1.45 bits per heavy atom. The van der Waals surface area contributed by atoms with E-state index in [-0.39, 0.29) is 12.1 Å². The molecule has 76 heavy (non-hydrogen) atoms. The Labute approximate surface area is 448 Å². The average Bonchev–Trinajstić information content (AvgIpc) is 4.07. The summed E-state index contributed by atoms with van der Waals surface area (Å²) in [6.07, 6.45) is 7.69. The number of piperidine rings is 2. The number of pyridine rings is 2. The third-order valence-corrected chi connectivity index (χ3v) is 13.8. The van der Waals surface area contributed by atoms with Gasteiger partial charge in [0.15, 0.2) is 0 Å². The molecule has 0 atom stereocenters. The molecule has 4 aromatic heterocycles. The number of alkyl carbamates (subject to hydrolysis) is 1. The second kappa shape index (κ2) is 23.9. The first-order chi connectivity index (χ1) is 36.6. The molecule has 13 nitrogen and oxygen atoms in total. The van der Waals surface area contributed by atoms with E-state index >= 15 is 0 Å². The van der Waals surface area contributed by atoms with E-state index in [0.717, 1.165) is 126 Å². The summed E-state index contributed by atoms with van der Waals surface area (Å²) in [5.74, 6) is 2.73. The van der Waals surface area contributed by atoms with E-state index in [4.69, 9.17) is 34.1 Å². The summed E-state index contributed by atoms with van der Waals surface area (Å²) in [6, 6.07) is 42.1. The highest BCUT2D eigenvalue weighted by atomic mass is 16.6. The molecule has 10 rings (SSSR count). The summed E-state index contributed by atoms with van der Waals surface area (Å²) in [5.41, 5.74) is 14.4.